The third-order valence-electron chi connectivity index (χ3n) is 4.39. The predicted octanol–water partition coefficient (Wildman–Crippen LogP) is 4.15. The number of amides is 1. The Morgan fingerprint density at radius 3 is 2.71 bits per heavy atom. The zero-order chi connectivity index (χ0) is 19.6. The highest BCUT2D eigenvalue weighted by Gasteiger charge is 2.07. The van der Waals surface area contributed by atoms with Crippen molar-refractivity contribution in [1.82, 2.24) is 10.3 Å². The molecule has 0 aliphatic heterocycles. The second-order valence-electron chi connectivity index (χ2n) is 6.42. The molecule has 1 amide bonds. The topological polar surface area (TPSA) is 60.5 Å². The zero-order valence-electron chi connectivity index (χ0n) is 16.2. The smallest absolute Gasteiger partial charge is 0.220 e. The number of aryl methyl sites for hydroxylation is 1. The van der Waals surface area contributed by atoms with Crippen molar-refractivity contribution in [2.24, 2.45) is 0 Å². The number of fused-ring (bicyclic) bond motifs is 1. The largest absolute Gasteiger partial charge is 0.494 e. The number of aromatic nitrogens is 1. The molecule has 0 atom stereocenters. The van der Waals surface area contributed by atoms with E-state index in [9.17, 15) is 4.79 Å². The summed E-state index contributed by atoms with van der Waals surface area (Å²) in [6.45, 7) is 3.70. The number of para-hydroxylation sites is 2. The van der Waals surface area contributed by atoms with E-state index in [0.29, 0.717) is 32.6 Å². The Morgan fingerprint density at radius 1 is 1.00 bits per heavy atom. The molecule has 1 aromatic heterocycles. The number of nitrogens with zero attached hydrogens (tertiary/aromatic N) is 1. The summed E-state index contributed by atoms with van der Waals surface area (Å²) in [5.41, 5.74) is 1.92. The fourth-order valence-electron chi connectivity index (χ4n) is 3.02. The first kappa shape index (κ1) is 19.7. The molecule has 28 heavy (non-hydrogen) atoms. The van der Waals surface area contributed by atoms with Gasteiger partial charge in [0.1, 0.15) is 17.0 Å². The molecular formula is C23H26N2O3. The summed E-state index contributed by atoms with van der Waals surface area (Å²) in [5.74, 6) is 1.67. The highest BCUT2D eigenvalue weighted by Crippen LogP contribution is 2.23. The SMILES string of the molecule is CCOc1ccccc1CCC(=O)NCCCOc1cccc2cccnc12. The number of hydrogen-bond donors (Lipinski definition) is 1. The molecule has 5 heteroatoms. The molecule has 146 valence electrons. The second kappa shape index (κ2) is 10.3. The van der Waals surface area contributed by atoms with E-state index in [1.165, 1.54) is 0 Å². The number of rotatable bonds is 10. The van der Waals surface area contributed by atoms with Gasteiger partial charge in [-0.2, -0.15) is 0 Å². The average Bonchev–Trinajstić information content (AvgIpc) is 2.73. The summed E-state index contributed by atoms with van der Waals surface area (Å²) in [4.78, 5) is 16.5. The van der Waals surface area contributed by atoms with Crippen LogP contribution in [0.15, 0.2) is 60.8 Å². The van der Waals surface area contributed by atoms with Crippen LogP contribution in [0.2, 0.25) is 0 Å². The van der Waals surface area contributed by atoms with E-state index in [0.717, 1.165) is 34.4 Å². The molecule has 0 saturated carbocycles. The molecule has 3 aromatic rings. The van der Waals surface area contributed by atoms with Crippen LogP contribution in [0.4, 0.5) is 0 Å². The number of carbonyl (C=O) groups excluding carboxylic acids is 1. The molecule has 0 bridgehead atoms. The van der Waals surface area contributed by atoms with E-state index < -0.39 is 0 Å². The van der Waals surface area contributed by atoms with Crippen molar-refractivity contribution in [3.8, 4) is 11.5 Å². The van der Waals surface area contributed by atoms with Gasteiger partial charge in [0.25, 0.3) is 0 Å². The lowest BCUT2D eigenvalue weighted by atomic mass is 10.1. The van der Waals surface area contributed by atoms with Crippen molar-refractivity contribution in [3.05, 3.63) is 66.4 Å². The van der Waals surface area contributed by atoms with E-state index in [1.54, 1.807) is 6.20 Å². The lowest BCUT2D eigenvalue weighted by molar-refractivity contribution is -0.121. The standard InChI is InChI=1S/C23H26N2O3/c1-2-27-20-11-4-3-8-18(20)13-14-22(26)24-16-7-17-28-21-12-5-9-19-10-6-15-25-23(19)21/h3-6,8-12,15H,2,7,13-14,16-17H2,1H3,(H,24,26). The van der Waals surface area contributed by atoms with Gasteiger partial charge < -0.3 is 14.8 Å². The van der Waals surface area contributed by atoms with Gasteiger partial charge in [-0.05, 0) is 43.5 Å². The average molecular weight is 378 g/mol. The van der Waals surface area contributed by atoms with Gasteiger partial charge in [0.15, 0.2) is 0 Å². The van der Waals surface area contributed by atoms with E-state index in [4.69, 9.17) is 9.47 Å². The number of pyridine rings is 1. The van der Waals surface area contributed by atoms with Crippen LogP contribution in [0.3, 0.4) is 0 Å². The van der Waals surface area contributed by atoms with Crippen molar-refractivity contribution in [2.75, 3.05) is 19.8 Å². The predicted molar refractivity (Wildman–Crippen MR) is 111 cm³/mol. The normalized spacial score (nSPS) is 10.6. The van der Waals surface area contributed by atoms with Gasteiger partial charge >= 0.3 is 0 Å². The Bertz CT molecular complexity index is 906. The first-order valence-electron chi connectivity index (χ1n) is 9.72. The fourth-order valence-corrected chi connectivity index (χ4v) is 3.02. The maximum absolute atomic E-state index is 12.1. The number of hydrogen-bond acceptors (Lipinski definition) is 4. The van der Waals surface area contributed by atoms with Crippen molar-refractivity contribution in [2.45, 2.75) is 26.2 Å². The van der Waals surface area contributed by atoms with Crippen molar-refractivity contribution in [3.63, 3.8) is 0 Å². The molecule has 0 aliphatic rings. The Balaban J connectivity index is 1.38. The zero-order valence-corrected chi connectivity index (χ0v) is 16.2. The van der Waals surface area contributed by atoms with Gasteiger partial charge in [-0.3, -0.25) is 9.78 Å². The van der Waals surface area contributed by atoms with Crippen LogP contribution in [0.25, 0.3) is 10.9 Å². The summed E-state index contributed by atoms with van der Waals surface area (Å²) in [7, 11) is 0. The molecular weight excluding hydrogens is 352 g/mol. The Labute approximate surface area is 165 Å². The number of carbonyl (C=O) groups is 1. The first-order valence-corrected chi connectivity index (χ1v) is 9.72. The van der Waals surface area contributed by atoms with E-state index in [1.807, 2.05) is 61.5 Å². The third kappa shape index (κ3) is 5.46. The molecule has 0 spiro atoms. The van der Waals surface area contributed by atoms with Gasteiger partial charge in [-0.1, -0.05) is 36.4 Å². The van der Waals surface area contributed by atoms with E-state index >= 15 is 0 Å². The van der Waals surface area contributed by atoms with Crippen molar-refractivity contribution in [1.29, 1.82) is 0 Å². The van der Waals surface area contributed by atoms with Crippen LogP contribution in [0, 0.1) is 0 Å². The number of nitrogens with one attached hydrogen (secondary N) is 1. The minimum Gasteiger partial charge on any atom is -0.494 e. The van der Waals surface area contributed by atoms with E-state index in [-0.39, 0.29) is 5.91 Å². The molecule has 3 rings (SSSR count). The number of ether oxygens (including phenoxy) is 2. The first-order chi connectivity index (χ1) is 13.8. The highest BCUT2D eigenvalue weighted by atomic mass is 16.5. The van der Waals surface area contributed by atoms with Crippen LogP contribution in [-0.2, 0) is 11.2 Å². The summed E-state index contributed by atoms with van der Waals surface area (Å²) in [5, 5.41) is 4.01. The Hall–Kier alpha value is -3.08. The van der Waals surface area contributed by atoms with Crippen molar-refractivity contribution < 1.29 is 14.3 Å². The minimum absolute atomic E-state index is 0.0399. The van der Waals surface area contributed by atoms with Gasteiger partial charge in [0, 0.05) is 24.5 Å². The summed E-state index contributed by atoms with van der Waals surface area (Å²) in [6, 6.07) is 17.7. The third-order valence-corrected chi connectivity index (χ3v) is 4.39. The van der Waals surface area contributed by atoms with Crippen LogP contribution in [0.1, 0.15) is 25.3 Å². The summed E-state index contributed by atoms with van der Waals surface area (Å²) < 4.78 is 11.4. The monoisotopic (exact) mass is 378 g/mol. The minimum atomic E-state index is 0.0399. The maximum Gasteiger partial charge on any atom is 0.220 e. The van der Waals surface area contributed by atoms with Gasteiger partial charge in [-0.25, -0.2) is 0 Å². The molecule has 0 saturated heterocycles. The summed E-state index contributed by atoms with van der Waals surface area (Å²) in [6.07, 6.45) is 3.61. The lowest BCUT2D eigenvalue weighted by Gasteiger charge is -2.11. The number of benzene rings is 2. The van der Waals surface area contributed by atoms with Crippen LogP contribution in [-0.4, -0.2) is 30.6 Å². The maximum atomic E-state index is 12.1. The van der Waals surface area contributed by atoms with Gasteiger partial charge in [0.2, 0.25) is 5.91 Å². The Morgan fingerprint density at radius 2 is 1.82 bits per heavy atom. The fraction of sp³-hybridized carbons (Fsp3) is 0.304. The molecule has 0 aliphatic carbocycles. The molecule has 0 unspecified atom stereocenters. The second-order valence-corrected chi connectivity index (χ2v) is 6.42. The van der Waals surface area contributed by atoms with Gasteiger partial charge in [0.05, 0.1) is 13.2 Å². The Kier molecular flexibility index (Phi) is 7.24. The summed E-state index contributed by atoms with van der Waals surface area (Å²) >= 11 is 0. The molecule has 2 aromatic carbocycles. The quantitative estimate of drug-likeness (QED) is 0.539. The molecule has 1 heterocycles. The lowest BCUT2D eigenvalue weighted by Crippen LogP contribution is -2.25. The van der Waals surface area contributed by atoms with Crippen LogP contribution in [0.5, 0.6) is 11.5 Å². The van der Waals surface area contributed by atoms with Gasteiger partial charge in [-0.15, -0.1) is 0 Å². The van der Waals surface area contributed by atoms with Crippen LogP contribution >= 0.6 is 0 Å². The molecule has 0 fully saturated rings. The van der Waals surface area contributed by atoms with Crippen LogP contribution < -0.4 is 14.8 Å². The highest BCUT2D eigenvalue weighted by molar-refractivity contribution is 5.84. The van der Waals surface area contributed by atoms with E-state index in [2.05, 4.69) is 10.3 Å². The molecule has 1 N–H and O–H groups in total. The molecule has 5 nitrogen and oxygen atoms in total. The van der Waals surface area contributed by atoms with Crippen molar-refractivity contribution >= 4 is 16.8 Å². The molecule has 0 radical (unpaired) electrons.